The maximum Gasteiger partial charge on any atom is 0.248 e. The first kappa shape index (κ1) is 12.5. The lowest BCUT2D eigenvalue weighted by Crippen LogP contribution is -2.23. The Kier molecular flexibility index (Phi) is 4.79. The summed E-state index contributed by atoms with van der Waals surface area (Å²) >= 11 is 0. The Morgan fingerprint density at radius 3 is 2.50 bits per heavy atom. The molecule has 1 rings (SSSR count). The van der Waals surface area contributed by atoms with E-state index < -0.39 is 5.91 Å². The summed E-state index contributed by atoms with van der Waals surface area (Å²) < 4.78 is 5.09. The molecule has 4 heteroatoms. The molecule has 1 aromatic carbocycles. The maximum absolute atomic E-state index is 10.9. The van der Waals surface area contributed by atoms with Gasteiger partial charge in [0.25, 0.3) is 0 Å². The fourth-order valence-corrected chi connectivity index (χ4v) is 1.43. The number of ether oxygens (including phenoxy) is 1. The molecule has 0 aliphatic heterocycles. The number of carbonyl (C=O) groups excluding carboxylic acids is 1. The molecule has 3 N–H and O–H groups in total. The lowest BCUT2D eigenvalue weighted by molar-refractivity contribution is 0.100. The first-order valence-corrected chi connectivity index (χ1v) is 5.32. The quantitative estimate of drug-likeness (QED) is 0.768. The molecule has 1 amide bonds. The predicted molar refractivity (Wildman–Crippen MR) is 64.5 cm³/mol. The highest BCUT2D eigenvalue weighted by molar-refractivity contribution is 5.93. The van der Waals surface area contributed by atoms with E-state index in [4.69, 9.17) is 10.5 Å². The van der Waals surface area contributed by atoms with Crippen LogP contribution in [0.2, 0.25) is 0 Å². The molecule has 0 saturated carbocycles. The smallest absolute Gasteiger partial charge is 0.248 e. The summed E-state index contributed by atoms with van der Waals surface area (Å²) in [6.45, 7) is 2.75. The number of nitrogens with two attached hydrogens (primary N) is 1. The van der Waals surface area contributed by atoms with Crippen LogP contribution in [0.1, 0.15) is 23.7 Å². The standard InChI is InChI=1S/C12H18N2O2/c1-3-10(8-16-2)14-11-6-4-9(5-7-11)12(13)15/h4-7,10,14H,3,8H2,1-2H3,(H2,13,15). The number of anilines is 1. The van der Waals surface area contributed by atoms with Crippen molar-refractivity contribution in [3.8, 4) is 0 Å². The Labute approximate surface area is 95.8 Å². The summed E-state index contributed by atoms with van der Waals surface area (Å²) in [5.41, 5.74) is 6.65. The monoisotopic (exact) mass is 222 g/mol. The van der Waals surface area contributed by atoms with E-state index in [-0.39, 0.29) is 6.04 Å². The zero-order valence-electron chi connectivity index (χ0n) is 9.69. The highest BCUT2D eigenvalue weighted by atomic mass is 16.5. The molecule has 1 aromatic rings. The van der Waals surface area contributed by atoms with Crippen LogP contribution < -0.4 is 11.1 Å². The average Bonchev–Trinajstić information content (AvgIpc) is 2.29. The van der Waals surface area contributed by atoms with Crippen molar-refractivity contribution in [1.29, 1.82) is 0 Å². The first-order valence-electron chi connectivity index (χ1n) is 5.32. The Bertz CT molecular complexity index is 335. The highest BCUT2D eigenvalue weighted by Gasteiger charge is 2.05. The molecule has 0 aliphatic rings. The van der Waals surface area contributed by atoms with E-state index in [0.717, 1.165) is 12.1 Å². The third kappa shape index (κ3) is 3.55. The molecule has 4 nitrogen and oxygen atoms in total. The summed E-state index contributed by atoms with van der Waals surface area (Å²) in [4.78, 5) is 10.9. The minimum Gasteiger partial charge on any atom is -0.383 e. The Morgan fingerprint density at radius 2 is 2.06 bits per heavy atom. The van der Waals surface area contributed by atoms with Gasteiger partial charge in [0, 0.05) is 24.4 Å². The van der Waals surface area contributed by atoms with Crippen molar-refractivity contribution in [3.63, 3.8) is 0 Å². The van der Waals surface area contributed by atoms with Gasteiger partial charge in [-0.2, -0.15) is 0 Å². The van der Waals surface area contributed by atoms with Crippen LogP contribution in [-0.4, -0.2) is 25.7 Å². The summed E-state index contributed by atoms with van der Waals surface area (Å²) in [6, 6.07) is 7.40. The van der Waals surface area contributed by atoms with E-state index in [1.807, 2.05) is 12.1 Å². The number of amides is 1. The zero-order valence-corrected chi connectivity index (χ0v) is 9.69. The van der Waals surface area contributed by atoms with Gasteiger partial charge in [-0.15, -0.1) is 0 Å². The zero-order chi connectivity index (χ0) is 12.0. The Morgan fingerprint density at radius 1 is 1.44 bits per heavy atom. The summed E-state index contributed by atoms with van der Waals surface area (Å²) in [7, 11) is 1.68. The van der Waals surface area contributed by atoms with Crippen molar-refractivity contribution in [1.82, 2.24) is 0 Å². The average molecular weight is 222 g/mol. The molecule has 0 fully saturated rings. The van der Waals surface area contributed by atoms with Gasteiger partial charge in [-0.05, 0) is 30.7 Å². The second kappa shape index (κ2) is 6.12. The van der Waals surface area contributed by atoms with E-state index in [2.05, 4.69) is 12.2 Å². The molecular formula is C12H18N2O2. The Balaban J connectivity index is 2.63. The van der Waals surface area contributed by atoms with Gasteiger partial charge in [-0.3, -0.25) is 4.79 Å². The van der Waals surface area contributed by atoms with E-state index in [0.29, 0.717) is 12.2 Å². The van der Waals surface area contributed by atoms with Crippen LogP contribution in [0.4, 0.5) is 5.69 Å². The van der Waals surface area contributed by atoms with Crippen molar-refractivity contribution in [2.24, 2.45) is 5.73 Å². The lowest BCUT2D eigenvalue weighted by atomic mass is 10.1. The summed E-state index contributed by atoms with van der Waals surface area (Å²) in [6.07, 6.45) is 0.978. The van der Waals surface area contributed by atoms with Gasteiger partial charge in [0.2, 0.25) is 5.91 Å². The van der Waals surface area contributed by atoms with Crippen LogP contribution in [0.25, 0.3) is 0 Å². The number of nitrogens with one attached hydrogen (secondary N) is 1. The number of hydrogen-bond acceptors (Lipinski definition) is 3. The molecule has 1 atom stereocenters. The first-order chi connectivity index (χ1) is 7.67. The normalized spacial score (nSPS) is 12.1. The minimum atomic E-state index is -0.407. The second-order valence-electron chi connectivity index (χ2n) is 3.65. The molecule has 1 unspecified atom stereocenters. The van der Waals surface area contributed by atoms with Crippen molar-refractivity contribution in [2.45, 2.75) is 19.4 Å². The van der Waals surface area contributed by atoms with Crippen LogP contribution in [0.5, 0.6) is 0 Å². The van der Waals surface area contributed by atoms with Gasteiger partial charge in [-0.25, -0.2) is 0 Å². The van der Waals surface area contributed by atoms with Crippen molar-refractivity contribution in [3.05, 3.63) is 29.8 Å². The largest absolute Gasteiger partial charge is 0.383 e. The van der Waals surface area contributed by atoms with Gasteiger partial charge >= 0.3 is 0 Å². The van der Waals surface area contributed by atoms with E-state index in [9.17, 15) is 4.79 Å². The van der Waals surface area contributed by atoms with Gasteiger partial charge in [0.1, 0.15) is 0 Å². The van der Waals surface area contributed by atoms with Crippen LogP contribution in [0.3, 0.4) is 0 Å². The second-order valence-corrected chi connectivity index (χ2v) is 3.65. The van der Waals surface area contributed by atoms with Gasteiger partial charge in [0.05, 0.1) is 6.61 Å². The van der Waals surface area contributed by atoms with Crippen LogP contribution in [0.15, 0.2) is 24.3 Å². The molecule has 0 aromatic heterocycles. The maximum atomic E-state index is 10.9. The van der Waals surface area contributed by atoms with Crippen molar-refractivity contribution < 1.29 is 9.53 Å². The molecule has 16 heavy (non-hydrogen) atoms. The van der Waals surface area contributed by atoms with E-state index >= 15 is 0 Å². The number of primary amides is 1. The molecule has 88 valence electrons. The van der Waals surface area contributed by atoms with Gasteiger partial charge in [0.15, 0.2) is 0 Å². The summed E-state index contributed by atoms with van der Waals surface area (Å²) in [5.74, 6) is -0.407. The number of benzene rings is 1. The molecule has 0 aliphatic carbocycles. The third-order valence-corrected chi connectivity index (χ3v) is 2.40. The summed E-state index contributed by atoms with van der Waals surface area (Å²) in [5, 5.41) is 3.32. The highest BCUT2D eigenvalue weighted by Crippen LogP contribution is 2.11. The van der Waals surface area contributed by atoms with E-state index in [1.54, 1.807) is 19.2 Å². The number of methoxy groups -OCH3 is 1. The fourth-order valence-electron chi connectivity index (χ4n) is 1.43. The third-order valence-electron chi connectivity index (χ3n) is 2.40. The predicted octanol–water partition coefficient (Wildman–Crippen LogP) is 1.62. The molecule has 0 bridgehead atoms. The molecule has 0 saturated heterocycles. The van der Waals surface area contributed by atoms with Crippen LogP contribution in [-0.2, 0) is 4.74 Å². The lowest BCUT2D eigenvalue weighted by Gasteiger charge is -2.17. The molecule has 0 spiro atoms. The SMILES string of the molecule is CCC(COC)Nc1ccc(C(N)=O)cc1. The van der Waals surface area contributed by atoms with Gasteiger partial charge < -0.3 is 15.8 Å². The van der Waals surface area contributed by atoms with Crippen molar-refractivity contribution >= 4 is 11.6 Å². The number of carbonyl (C=O) groups is 1. The molecule has 0 heterocycles. The number of rotatable bonds is 6. The minimum absolute atomic E-state index is 0.282. The topological polar surface area (TPSA) is 64.3 Å². The number of hydrogen-bond donors (Lipinski definition) is 2. The van der Waals surface area contributed by atoms with Gasteiger partial charge in [-0.1, -0.05) is 6.92 Å². The molecular weight excluding hydrogens is 204 g/mol. The van der Waals surface area contributed by atoms with Crippen LogP contribution in [0, 0.1) is 0 Å². The molecule has 0 radical (unpaired) electrons. The van der Waals surface area contributed by atoms with Crippen LogP contribution >= 0.6 is 0 Å². The van der Waals surface area contributed by atoms with Crippen molar-refractivity contribution in [2.75, 3.05) is 19.0 Å². The Hall–Kier alpha value is -1.55. The van der Waals surface area contributed by atoms with E-state index in [1.165, 1.54) is 0 Å². The fraction of sp³-hybridized carbons (Fsp3) is 0.417.